The highest BCUT2D eigenvalue weighted by Crippen LogP contribution is 2.11. The third kappa shape index (κ3) is 15.3. The summed E-state index contributed by atoms with van der Waals surface area (Å²) in [5, 5.41) is 3.17. The van der Waals surface area contributed by atoms with Crippen molar-refractivity contribution in [3.8, 4) is 0 Å². The van der Waals surface area contributed by atoms with Gasteiger partial charge in [0.2, 0.25) is 0 Å². The Morgan fingerprint density at radius 2 is 1.17 bits per heavy atom. The minimum absolute atomic E-state index is 1.06. The van der Waals surface area contributed by atoms with Gasteiger partial charge in [0.1, 0.15) is 0 Å². The van der Waals surface area contributed by atoms with E-state index in [1.54, 1.807) is 6.20 Å². The summed E-state index contributed by atoms with van der Waals surface area (Å²) in [5.41, 5.74) is 5.23. The highest BCUT2D eigenvalue weighted by Gasteiger charge is 1.92. The van der Waals surface area contributed by atoms with Crippen LogP contribution in [0.15, 0.2) is 12.4 Å². The zero-order chi connectivity index (χ0) is 13.3. The van der Waals surface area contributed by atoms with Crippen molar-refractivity contribution in [2.24, 2.45) is 5.73 Å². The Morgan fingerprint density at radius 1 is 0.722 bits per heavy atom. The van der Waals surface area contributed by atoms with Crippen molar-refractivity contribution in [3.05, 3.63) is 12.4 Å². The fourth-order valence-electron chi connectivity index (χ4n) is 2.22. The number of unbranched alkanes of at least 4 members (excludes halogenated alkanes) is 11. The Bertz CT molecular complexity index is 166. The molecule has 0 aromatic heterocycles. The van der Waals surface area contributed by atoms with E-state index in [9.17, 15) is 0 Å². The molecular weight excluding hydrogens is 220 g/mol. The maximum atomic E-state index is 5.23. The number of rotatable bonds is 14. The van der Waals surface area contributed by atoms with Crippen molar-refractivity contribution >= 4 is 0 Å². The van der Waals surface area contributed by atoms with E-state index in [1.165, 1.54) is 77.0 Å². The molecule has 0 aromatic carbocycles. The fourth-order valence-corrected chi connectivity index (χ4v) is 2.22. The van der Waals surface area contributed by atoms with Gasteiger partial charge in [0.25, 0.3) is 0 Å². The Morgan fingerprint density at radius 3 is 1.61 bits per heavy atom. The van der Waals surface area contributed by atoms with Crippen LogP contribution in [0, 0.1) is 0 Å². The molecule has 2 heteroatoms. The van der Waals surface area contributed by atoms with E-state index >= 15 is 0 Å². The third-order valence-corrected chi connectivity index (χ3v) is 3.39. The lowest BCUT2D eigenvalue weighted by atomic mass is 10.1. The van der Waals surface area contributed by atoms with Crippen molar-refractivity contribution in [1.29, 1.82) is 0 Å². The summed E-state index contributed by atoms with van der Waals surface area (Å²) in [6.07, 6.45) is 20.3. The highest BCUT2D eigenvalue weighted by atomic mass is 14.8. The van der Waals surface area contributed by atoms with E-state index in [4.69, 9.17) is 5.73 Å². The summed E-state index contributed by atoms with van der Waals surface area (Å²) >= 11 is 0. The highest BCUT2D eigenvalue weighted by molar-refractivity contribution is 4.71. The second-order valence-corrected chi connectivity index (χ2v) is 5.20. The molecule has 18 heavy (non-hydrogen) atoms. The average Bonchev–Trinajstić information content (AvgIpc) is 2.39. The van der Waals surface area contributed by atoms with Gasteiger partial charge in [0, 0.05) is 18.9 Å². The fraction of sp³-hybridized carbons (Fsp3) is 0.875. The lowest BCUT2D eigenvalue weighted by molar-refractivity contribution is 0.542. The zero-order valence-corrected chi connectivity index (χ0v) is 12.4. The van der Waals surface area contributed by atoms with Crippen LogP contribution in [0.1, 0.15) is 84.0 Å². The van der Waals surface area contributed by atoms with Crippen LogP contribution < -0.4 is 11.1 Å². The van der Waals surface area contributed by atoms with Gasteiger partial charge in [-0.05, 0) is 6.42 Å². The molecule has 0 unspecified atom stereocenters. The van der Waals surface area contributed by atoms with Crippen LogP contribution >= 0.6 is 0 Å². The van der Waals surface area contributed by atoms with Crippen molar-refractivity contribution in [2.45, 2.75) is 84.0 Å². The number of nitrogens with two attached hydrogens (primary N) is 1. The smallest absolute Gasteiger partial charge is 0.0141 e. The second kappa shape index (κ2) is 16.3. The summed E-state index contributed by atoms with van der Waals surface area (Å²) < 4.78 is 0. The monoisotopic (exact) mass is 254 g/mol. The lowest BCUT2D eigenvalue weighted by Crippen LogP contribution is -2.07. The van der Waals surface area contributed by atoms with E-state index < -0.39 is 0 Å². The first-order valence-corrected chi connectivity index (χ1v) is 8.02. The average molecular weight is 254 g/mol. The molecule has 2 nitrogen and oxygen atoms in total. The quantitative estimate of drug-likeness (QED) is 0.441. The molecule has 0 spiro atoms. The molecule has 0 aromatic rings. The van der Waals surface area contributed by atoms with Gasteiger partial charge in [-0.2, -0.15) is 0 Å². The molecular formula is C16H34N2. The Labute approximate surface area is 114 Å². The summed E-state index contributed by atoms with van der Waals surface area (Å²) in [6, 6.07) is 0. The lowest BCUT2D eigenvalue weighted by Gasteiger charge is -2.03. The normalized spacial score (nSPS) is 11.2. The van der Waals surface area contributed by atoms with Crippen LogP contribution in [0.2, 0.25) is 0 Å². The molecule has 0 heterocycles. The summed E-state index contributed by atoms with van der Waals surface area (Å²) in [5.74, 6) is 0. The van der Waals surface area contributed by atoms with Gasteiger partial charge in [0.15, 0.2) is 0 Å². The molecule has 0 atom stereocenters. The molecule has 0 fully saturated rings. The van der Waals surface area contributed by atoms with Gasteiger partial charge in [0.05, 0.1) is 0 Å². The van der Waals surface area contributed by atoms with Crippen LogP contribution in [0.5, 0.6) is 0 Å². The summed E-state index contributed by atoms with van der Waals surface area (Å²) in [6.45, 7) is 3.34. The van der Waals surface area contributed by atoms with Crippen molar-refractivity contribution in [2.75, 3.05) is 6.54 Å². The summed E-state index contributed by atoms with van der Waals surface area (Å²) in [7, 11) is 0. The number of hydrogen-bond donors (Lipinski definition) is 2. The van der Waals surface area contributed by atoms with Crippen LogP contribution in [-0.2, 0) is 0 Å². The van der Waals surface area contributed by atoms with Crippen LogP contribution in [-0.4, -0.2) is 6.54 Å². The predicted octanol–water partition coefficient (Wildman–Crippen LogP) is 4.71. The molecule has 0 aliphatic rings. The third-order valence-electron chi connectivity index (χ3n) is 3.39. The maximum Gasteiger partial charge on any atom is 0.0141 e. The number of hydrogen-bond acceptors (Lipinski definition) is 2. The first-order valence-electron chi connectivity index (χ1n) is 8.02. The van der Waals surface area contributed by atoms with Gasteiger partial charge >= 0.3 is 0 Å². The van der Waals surface area contributed by atoms with Crippen LogP contribution in [0.25, 0.3) is 0 Å². The van der Waals surface area contributed by atoms with Gasteiger partial charge in [-0.15, -0.1) is 0 Å². The minimum atomic E-state index is 1.06. The standard InChI is InChI=1S/C16H34N2/c1-2-3-4-5-6-7-8-9-10-11-12-13-15-18-16-14-17/h14,16,18H,2-13,15,17H2,1H3/b16-14+. The number of nitrogens with one attached hydrogen (secondary N) is 1. The van der Waals surface area contributed by atoms with Gasteiger partial charge < -0.3 is 11.1 Å². The van der Waals surface area contributed by atoms with E-state index in [0.29, 0.717) is 0 Å². The Hall–Kier alpha value is -0.660. The second-order valence-electron chi connectivity index (χ2n) is 5.20. The van der Waals surface area contributed by atoms with Crippen LogP contribution in [0.4, 0.5) is 0 Å². The first-order chi connectivity index (χ1) is 8.91. The van der Waals surface area contributed by atoms with Gasteiger partial charge in [-0.25, -0.2) is 0 Å². The molecule has 0 bridgehead atoms. The molecule has 0 saturated carbocycles. The van der Waals surface area contributed by atoms with Gasteiger partial charge in [-0.1, -0.05) is 77.6 Å². The van der Waals surface area contributed by atoms with Crippen molar-refractivity contribution in [1.82, 2.24) is 5.32 Å². The molecule has 0 aliphatic heterocycles. The minimum Gasteiger partial charge on any atom is -0.403 e. The van der Waals surface area contributed by atoms with Crippen molar-refractivity contribution in [3.63, 3.8) is 0 Å². The van der Waals surface area contributed by atoms with E-state index in [1.807, 2.05) is 6.20 Å². The van der Waals surface area contributed by atoms with Crippen LogP contribution in [0.3, 0.4) is 0 Å². The largest absolute Gasteiger partial charge is 0.403 e. The molecule has 0 rings (SSSR count). The SMILES string of the molecule is CCCCCCCCCCCCCCN/C=C/N. The Kier molecular flexibility index (Phi) is 15.7. The molecule has 0 radical (unpaired) electrons. The first kappa shape index (κ1) is 17.3. The molecule has 3 N–H and O–H groups in total. The summed E-state index contributed by atoms with van der Waals surface area (Å²) in [4.78, 5) is 0. The molecule has 0 saturated heterocycles. The van der Waals surface area contributed by atoms with E-state index in [-0.39, 0.29) is 0 Å². The zero-order valence-electron chi connectivity index (χ0n) is 12.4. The van der Waals surface area contributed by atoms with Crippen molar-refractivity contribution < 1.29 is 0 Å². The van der Waals surface area contributed by atoms with Gasteiger partial charge in [-0.3, -0.25) is 0 Å². The van der Waals surface area contributed by atoms with E-state index in [2.05, 4.69) is 12.2 Å². The van der Waals surface area contributed by atoms with E-state index in [0.717, 1.165) is 6.54 Å². The molecule has 0 aliphatic carbocycles. The topological polar surface area (TPSA) is 38.0 Å². The maximum absolute atomic E-state index is 5.23. The molecule has 108 valence electrons. The Balaban J connectivity index is 2.90. The predicted molar refractivity (Wildman–Crippen MR) is 82.4 cm³/mol. The molecule has 0 amide bonds.